The molecule has 3 nitrogen and oxygen atoms in total. The molecule has 0 bridgehead atoms. The van der Waals surface area contributed by atoms with Gasteiger partial charge in [-0.1, -0.05) is 0 Å². The van der Waals surface area contributed by atoms with Gasteiger partial charge >= 0.3 is 0 Å². The van der Waals surface area contributed by atoms with Crippen LogP contribution in [0, 0.1) is 0 Å². The van der Waals surface area contributed by atoms with Gasteiger partial charge in [0.2, 0.25) is 0 Å². The maximum atomic E-state index is 8.61. The van der Waals surface area contributed by atoms with Crippen molar-refractivity contribution in [3.05, 3.63) is 0 Å². The van der Waals surface area contributed by atoms with Gasteiger partial charge < -0.3 is 15.3 Å². The third-order valence-corrected chi connectivity index (χ3v) is 2.58. The Labute approximate surface area is 99.1 Å². The lowest BCUT2D eigenvalue weighted by atomic mass is 10.2. The van der Waals surface area contributed by atoms with Gasteiger partial charge in [-0.25, -0.2) is 0 Å². The predicted octanol–water partition coefficient (Wildman–Crippen LogP) is 0.896. The van der Waals surface area contributed by atoms with Gasteiger partial charge in [-0.05, 0) is 39.4 Å². The summed E-state index contributed by atoms with van der Waals surface area (Å²) in [4.78, 5) is 2.40. The molecule has 0 radical (unpaired) electrons. The van der Waals surface area contributed by atoms with Crippen molar-refractivity contribution in [2.45, 2.75) is 25.3 Å². The molecule has 0 amide bonds. The van der Waals surface area contributed by atoms with Crippen molar-refractivity contribution < 1.29 is 5.11 Å². The zero-order valence-electron chi connectivity index (χ0n) is 8.74. The average molecular weight is 245 g/mol. The van der Waals surface area contributed by atoms with Gasteiger partial charge in [0.15, 0.2) is 0 Å². The number of aliphatic hydroxyl groups excluding tert-OH is 1. The Kier molecular flexibility index (Phi) is 12.0. The Hall–Kier alpha value is 0.460. The summed E-state index contributed by atoms with van der Waals surface area (Å²) >= 11 is 0. The molecule has 0 saturated carbocycles. The monoisotopic (exact) mass is 244 g/mol. The summed E-state index contributed by atoms with van der Waals surface area (Å²) < 4.78 is 0. The SMILES string of the molecule is CN(CCCCO)C1CCNC1.Cl.Cl. The fourth-order valence-corrected chi connectivity index (χ4v) is 1.67. The van der Waals surface area contributed by atoms with Gasteiger partial charge in [-0.15, -0.1) is 24.8 Å². The van der Waals surface area contributed by atoms with Crippen molar-refractivity contribution in [2.24, 2.45) is 0 Å². The molecule has 1 atom stereocenters. The molecular weight excluding hydrogens is 223 g/mol. The summed E-state index contributed by atoms with van der Waals surface area (Å²) in [5.41, 5.74) is 0. The van der Waals surface area contributed by atoms with Crippen molar-refractivity contribution in [2.75, 3.05) is 33.3 Å². The first-order chi connectivity index (χ1) is 5.84. The van der Waals surface area contributed by atoms with Gasteiger partial charge in [0.25, 0.3) is 0 Å². The Morgan fingerprint density at radius 2 is 2.07 bits per heavy atom. The number of nitrogens with zero attached hydrogens (tertiary/aromatic N) is 1. The highest BCUT2D eigenvalue weighted by molar-refractivity contribution is 5.85. The second-order valence-corrected chi connectivity index (χ2v) is 3.56. The predicted molar refractivity (Wildman–Crippen MR) is 64.7 cm³/mol. The van der Waals surface area contributed by atoms with E-state index in [1.165, 1.54) is 6.42 Å². The quantitative estimate of drug-likeness (QED) is 0.706. The van der Waals surface area contributed by atoms with Crippen LogP contribution in [0.5, 0.6) is 0 Å². The molecule has 0 aromatic rings. The van der Waals surface area contributed by atoms with Gasteiger partial charge in [-0.3, -0.25) is 0 Å². The summed E-state index contributed by atoms with van der Waals surface area (Å²) in [5.74, 6) is 0. The fourth-order valence-electron chi connectivity index (χ4n) is 1.67. The normalized spacial score (nSPS) is 20.4. The summed E-state index contributed by atoms with van der Waals surface area (Å²) in [7, 11) is 2.18. The van der Waals surface area contributed by atoms with Crippen molar-refractivity contribution in [3.8, 4) is 0 Å². The number of nitrogens with one attached hydrogen (secondary N) is 1. The van der Waals surface area contributed by atoms with E-state index in [0.29, 0.717) is 6.61 Å². The molecule has 0 aliphatic carbocycles. The molecule has 1 rings (SSSR count). The highest BCUT2D eigenvalue weighted by Gasteiger charge is 2.17. The molecule has 0 aromatic heterocycles. The van der Waals surface area contributed by atoms with Crippen LogP contribution < -0.4 is 5.32 Å². The first-order valence-electron chi connectivity index (χ1n) is 4.86. The van der Waals surface area contributed by atoms with E-state index in [4.69, 9.17) is 5.11 Å². The van der Waals surface area contributed by atoms with Crippen molar-refractivity contribution >= 4 is 24.8 Å². The van der Waals surface area contributed by atoms with E-state index in [0.717, 1.165) is 38.5 Å². The number of likely N-dealkylation sites (N-methyl/N-ethyl adjacent to an activating group) is 1. The second-order valence-electron chi connectivity index (χ2n) is 3.56. The summed E-state index contributed by atoms with van der Waals surface area (Å²) in [5, 5.41) is 12.0. The number of rotatable bonds is 5. The Morgan fingerprint density at radius 3 is 2.57 bits per heavy atom. The lowest BCUT2D eigenvalue weighted by Gasteiger charge is -2.22. The van der Waals surface area contributed by atoms with E-state index < -0.39 is 0 Å². The van der Waals surface area contributed by atoms with Crippen LogP contribution in [0.3, 0.4) is 0 Å². The van der Waals surface area contributed by atoms with Crippen LogP contribution >= 0.6 is 24.8 Å². The Balaban J connectivity index is 0. The van der Waals surface area contributed by atoms with Gasteiger partial charge in [0.05, 0.1) is 0 Å². The minimum Gasteiger partial charge on any atom is -0.396 e. The molecule has 0 aromatic carbocycles. The van der Waals surface area contributed by atoms with Gasteiger partial charge in [-0.2, -0.15) is 0 Å². The van der Waals surface area contributed by atoms with Crippen LogP contribution in [-0.2, 0) is 0 Å². The van der Waals surface area contributed by atoms with E-state index in [2.05, 4.69) is 17.3 Å². The van der Waals surface area contributed by atoms with Crippen LogP contribution in [0.1, 0.15) is 19.3 Å². The molecule has 1 heterocycles. The number of unbranched alkanes of at least 4 members (excludes halogenated alkanes) is 1. The molecule has 14 heavy (non-hydrogen) atoms. The summed E-state index contributed by atoms with van der Waals surface area (Å²) in [6.07, 6.45) is 3.32. The molecule has 1 saturated heterocycles. The first kappa shape index (κ1) is 16.9. The van der Waals surface area contributed by atoms with E-state index in [1.807, 2.05) is 0 Å². The van der Waals surface area contributed by atoms with Gasteiger partial charge in [0, 0.05) is 19.2 Å². The largest absolute Gasteiger partial charge is 0.396 e. The molecule has 1 aliphatic heterocycles. The molecule has 1 aliphatic rings. The maximum Gasteiger partial charge on any atom is 0.0431 e. The first-order valence-corrected chi connectivity index (χ1v) is 4.86. The number of halogens is 2. The van der Waals surface area contributed by atoms with E-state index in [1.54, 1.807) is 0 Å². The molecule has 1 unspecified atom stereocenters. The highest BCUT2D eigenvalue weighted by Crippen LogP contribution is 2.06. The topological polar surface area (TPSA) is 35.5 Å². The van der Waals surface area contributed by atoms with Crippen molar-refractivity contribution in [1.82, 2.24) is 10.2 Å². The number of hydrogen-bond acceptors (Lipinski definition) is 3. The van der Waals surface area contributed by atoms with Crippen LogP contribution in [0.4, 0.5) is 0 Å². The minimum absolute atomic E-state index is 0. The van der Waals surface area contributed by atoms with Crippen LogP contribution in [-0.4, -0.2) is 49.3 Å². The number of aliphatic hydroxyl groups is 1. The van der Waals surface area contributed by atoms with Crippen LogP contribution in [0.25, 0.3) is 0 Å². The zero-order valence-corrected chi connectivity index (χ0v) is 10.4. The maximum absolute atomic E-state index is 8.61. The van der Waals surface area contributed by atoms with E-state index in [9.17, 15) is 0 Å². The fraction of sp³-hybridized carbons (Fsp3) is 1.00. The third-order valence-electron chi connectivity index (χ3n) is 2.58. The minimum atomic E-state index is 0. The molecule has 88 valence electrons. The highest BCUT2D eigenvalue weighted by atomic mass is 35.5. The Bertz CT molecular complexity index is 121. The van der Waals surface area contributed by atoms with E-state index in [-0.39, 0.29) is 24.8 Å². The van der Waals surface area contributed by atoms with Crippen LogP contribution in [0.15, 0.2) is 0 Å². The lowest BCUT2D eigenvalue weighted by molar-refractivity contribution is 0.231. The van der Waals surface area contributed by atoms with Crippen molar-refractivity contribution in [1.29, 1.82) is 0 Å². The standard InChI is InChI=1S/C9H20N2O.2ClH/c1-11(6-2-3-7-12)9-4-5-10-8-9;;/h9-10,12H,2-8H2,1H3;2*1H. The number of hydrogen-bond donors (Lipinski definition) is 2. The average Bonchev–Trinajstić information content (AvgIpc) is 2.56. The smallest absolute Gasteiger partial charge is 0.0431 e. The molecule has 2 N–H and O–H groups in total. The summed E-state index contributed by atoms with van der Waals surface area (Å²) in [6, 6.07) is 0.726. The third kappa shape index (κ3) is 6.04. The molecule has 1 fully saturated rings. The zero-order chi connectivity index (χ0) is 8.81. The molecular formula is C9H22Cl2N2O. The molecule has 5 heteroatoms. The van der Waals surface area contributed by atoms with Gasteiger partial charge in [0.1, 0.15) is 0 Å². The lowest BCUT2D eigenvalue weighted by Crippen LogP contribution is -2.34. The van der Waals surface area contributed by atoms with E-state index >= 15 is 0 Å². The second kappa shape index (κ2) is 9.99. The Morgan fingerprint density at radius 1 is 1.36 bits per heavy atom. The summed E-state index contributed by atoms with van der Waals surface area (Å²) in [6.45, 7) is 3.74. The van der Waals surface area contributed by atoms with Crippen LogP contribution in [0.2, 0.25) is 0 Å². The molecule has 0 spiro atoms. The van der Waals surface area contributed by atoms with Crippen molar-refractivity contribution in [3.63, 3.8) is 0 Å².